The van der Waals surface area contributed by atoms with E-state index in [0.717, 1.165) is 57.5 Å². The normalized spacial score (nSPS) is 28.6. The van der Waals surface area contributed by atoms with E-state index in [1.807, 2.05) is 16.8 Å². The molecular weight excluding hydrogens is 395 g/mol. The van der Waals surface area contributed by atoms with Gasteiger partial charge >= 0.3 is 0 Å². The van der Waals surface area contributed by atoms with Crippen LogP contribution in [0.2, 0.25) is 0 Å². The highest BCUT2D eigenvalue weighted by molar-refractivity contribution is 5.24. The maximum atomic E-state index is 15.0. The van der Waals surface area contributed by atoms with Crippen molar-refractivity contribution in [3.8, 4) is 0 Å². The van der Waals surface area contributed by atoms with Crippen LogP contribution in [-0.2, 0) is 11.3 Å². The molecule has 168 valence electrons. The van der Waals surface area contributed by atoms with Crippen LogP contribution in [0.15, 0.2) is 24.3 Å². The summed E-state index contributed by atoms with van der Waals surface area (Å²) >= 11 is 0. The Morgan fingerprint density at radius 2 is 1.84 bits per heavy atom. The summed E-state index contributed by atoms with van der Waals surface area (Å²) in [6.07, 6.45) is 9.12. The first kappa shape index (κ1) is 21.0. The molecule has 1 saturated carbocycles. The van der Waals surface area contributed by atoms with Gasteiger partial charge < -0.3 is 14.5 Å². The molecule has 2 aliphatic heterocycles. The standard InChI is InChI=1S/C23H33FN6O/c24-21-11-5-4-10-20(21)22(23-25-26-27-30(23)17-19-9-6-16-31-19)29-14-12-28(13-15-29)18-7-2-1-3-8-18/h4-5,10-11,18-19,22H,1-3,6-9,12-17H2/p+2/t19-,22-/m1/s1. The quantitative estimate of drug-likeness (QED) is 0.687. The molecule has 0 unspecified atom stereocenters. The number of halogens is 1. The van der Waals surface area contributed by atoms with Crippen LogP contribution in [-0.4, -0.2) is 65.1 Å². The molecule has 0 spiro atoms. The van der Waals surface area contributed by atoms with Crippen LogP contribution < -0.4 is 9.80 Å². The second-order valence-electron chi connectivity index (χ2n) is 9.46. The largest absolute Gasteiger partial charge is 0.376 e. The van der Waals surface area contributed by atoms with E-state index < -0.39 is 0 Å². The van der Waals surface area contributed by atoms with Crippen molar-refractivity contribution >= 4 is 0 Å². The van der Waals surface area contributed by atoms with Crippen molar-refractivity contribution in [1.29, 1.82) is 0 Å². The lowest BCUT2D eigenvalue weighted by atomic mass is 9.93. The van der Waals surface area contributed by atoms with E-state index in [0.29, 0.717) is 12.1 Å². The maximum absolute atomic E-state index is 15.0. The summed E-state index contributed by atoms with van der Waals surface area (Å²) in [7, 11) is 0. The van der Waals surface area contributed by atoms with Gasteiger partial charge in [-0.1, -0.05) is 18.6 Å². The maximum Gasteiger partial charge on any atom is 0.214 e. The number of rotatable bonds is 6. The molecule has 3 fully saturated rings. The molecule has 0 radical (unpaired) electrons. The molecule has 7 nitrogen and oxygen atoms in total. The molecule has 0 amide bonds. The van der Waals surface area contributed by atoms with Gasteiger partial charge in [-0.3, -0.25) is 0 Å². The monoisotopic (exact) mass is 430 g/mol. The minimum absolute atomic E-state index is 0.145. The van der Waals surface area contributed by atoms with Gasteiger partial charge in [0.2, 0.25) is 5.82 Å². The lowest BCUT2D eigenvalue weighted by Crippen LogP contribution is -3.29. The van der Waals surface area contributed by atoms with Crippen LogP contribution in [0.5, 0.6) is 0 Å². The van der Waals surface area contributed by atoms with Crippen LogP contribution in [0.3, 0.4) is 0 Å². The van der Waals surface area contributed by atoms with Crippen LogP contribution >= 0.6 is 0 Å². The highest BCUT2D eigenvalue weighted by Crippen LogP contribution is 2.22. The molecule has 2 saturated heterocycles. The number of hydrogen-bond donors (Lipinski definition) is 2. The number of quaternary nitrogens is 2. The number of piperazine rings is 1. The summed E-state index contributed by atoms with van der Waals surface area (Å²) in [5.74, 6) is 0.588. The van der Waals surface area contributed by atoms with Crippen molar-refractivity contribution in [2.24, 2.45) is 0 Å². The summed E-state index contributed by atoms with van der Waals surface area (Å²) in [5.41, 5.74) is 0.696. The second kappa shape index (κ2) is 9.71. The molecular formula is C23H35FN6O+2. The first-order valence-corrected chi connectivity index (χ1v) is 12.1. The van der Waals surface area contributed by atoms with Gasteiger partial charge in [0.25, 0.3) is 0 Å². The van der Waals surface area contributed by atoms with Crippen LogP contribution in [0.4, 0.5) is 4.39 Å². The molecule has 3 heterocycles. The van der Waals surface area contributed by atoms with Gasteiger partial charge in [0.15, 0.2) is 6.04 Å². The number of nitrogens with zero attached hydrogens (tertiary/aromatic N) is 4. The minimum Gasteiger partial charge on any atom is -0.376 e. The Morgan fingerprint density at radius 1 is 1.03 bits per heavy atom. The van der Waals surface area contributed by atoms with Crippen LogP contribution in [0, 0.1) is 5.82 Å². The van der Waals surface area contributed by atoms with E-state index >= 15 is 0 Å². The summed E-state index contributed by atoms with van der Waals surface area (Å²) in [4.78, 5) is 3.11. The summed E-state index contributed by atoms with van der Waals surface area (Å²) in [5, 5.41) is 12.7. The topological polar surface area (TPSA) is 61.7 Å². The number of hydrogen-bond acceptors (Lipinski definition) is 4. The Labute approximate surface area is 183 Å². The van der Waals surface area contributed by atoms with Gasteiger partial charge in [-0.05, 0) is 61.1 Å². The van der Waals surface area contributed by atoms with Crippen LogP contribution in [0.25, 0.3) is 0 Å². The molecule has 8 heteroatoms. The predicted octanol–water partition coefficient (Wildman–Crippen LogP) is 0.197. The molecule has 1 aliphatic carbocycles. The van der Waals surface area contributed by atoms with Gasteiger partial charge in [0.1, 0.15) is 32.0 Å². The van der Waals surface area contributed by atoms with Gasteiger partial charge in [0.05, 0.1) is 24.3 Å². The number of ether oxygens (including phenoxy) is 1. The van der Waals surface area contributed by atoms with E-state index in [4.69, 9.17) is 4.74 Å². The Balaban J connectivity index is 1.38. The minimum atomic E-state index is -0.189. The van der Waals surface area contributed by atoms with Crippen molar-refractivity contribution in [1.82, 2.24) is 20.2 Å². The SMILES string of the molecule is Fc1ccccc1[C@H](c1nnnn1C[C@H]1CCCO1)[NH+]1CC[NH+](C2CCCCC2)CC1. The zero-order valence-electron chi connectivity index (χ0n) is 18.3. The van der Waals surface area contributed by atoms with E-state index in [1.165, 1.54) is 37.0 Å². The number of benzene rings is 1. The number of aromatic nitrogens is 4. The molecule has 2 N–H and O–H groups in total. The molecule has 5 rings (SSSR count). The van der Waals surface area contributed by atoms with Crippen molar-refractivity contribution < 1.29 is 18.9 Å². The van der Waals surface area contributed by atoms with Gasteiger partial charge in [-0.2, -0.15) is 0 Å². The Hall–Kier alpha value is -1.90. The third-order valence-electron chi connectivity index (χ3n) is 7.56. The first-order chi connectivity index (χ1) is 15.3. The molecule has 2 aromatic rings. The fourth-order valence-corrected chi connectivity index (χ4v) is 5.88. The van der Waals surface area contributed by atoms with Crippen molar-refractivity contribution in [3.63, 3.8) is 0 Å². The van der Waals surface area contributed by atoms with Gasteiger partial charge in [-0.15, -0.1) is 5.10 Å². The summed E-state index contributed by atoms with van der Waals surface area (Å²) in [6, 6.07) is 7.75. The molecule has 0 bridgehead atoms. The van der Waals surface area contributed by atoms with E-state index in [2.05, 4.69) is 15.5 Å². The average Bonchev–Trinajstić information content (AvgIpc) is 3.49. The fourth-order valence-electron chi connectivity index (χ4n) is 5.88. The fraction of sp³-hybridized carbons (Fsp3) is 0.696. The van der Waals surface area contributed by atoms with Gasteiger partial charge in [-0.25, -0.2) is 9.07 Å². The molecule has 31 heavy (non-hydrogen) atoms. The van der Waals surface area contributed by atoms with E-state index in [1.54, 1.807) is 17.0 Å². The number of nitrogens with one attached hydrogen (secondary N) is 2. The number of tetrazole rings is 1. The lowest BCUT2D eigenvalue weighted by Gasteiger charge is -2.38. The van der Waals surface area contributed by atoms with Crippen LogP contribution in [0.1, 0.15) is 62.4 Å². The molecule has 1 aromatic carbocycles. The Kier molecular flexibility index (Phi) is 6.57. The highest BCUT2D eigenvalue weighted by Gasteiger charge is 2.39. The van der Waals surface area contributed by atoms with E-state index in [-0.39, 0.29) is 18.0 Å². The van der Waals surface area contributed by atoms with Crippen molar-refractivity contribution in [3.05, 3.63) is 41.5 Å². The van der Waals surface area contributed by atoms with Crippen molar-refractivity contribution in [2.45, 2.75) is 69.7 Å². The molecule has 2 atom stereocenters. The summed E-state index contributed by atoms with van der Waals surface area (Å²) < 4.78 is 22.6. The lowest BCUT2D eigenvalue weighted by molar-refractivity contribution is -1.03. The zero-order chi connectivity index (χ0) is 21.0. The van der Waals surface area contributed by atoms with Gasteiger partial charge in [0, 0.05) is 6.61 Å². The summed E-state index contributed by atoms with van der Waals surface area (Å²) in [6.45, 7) is 5.74. The first-order valence-electron chi connectivity index (χ1n) is 12.1. The molecule has 1 aromatic heterocycles. The third-order valence-corrected chi connectivity index (χ3v) is 7.56. The Morgan fingerprint density at radius 3 is 2.58 bits per heavy atom. The zero-order valence-corrected chi connectivity index (χ0v) is 18.3. The third kappa shape index (κ3) is 4.66. The Bertz CT molecular complexity index is 840. The highest BCUT2D eigenvalue weighted by atomic mass is 19.1. The average molecular weight is 431 g/mol. The second-order valence-corrected chi connectivity index (χ2v) is 9.46. The van der Waals surface area contributed by atoms with Crippen molar-refractivity contribution in [2.75, 3.05) is 32.8 Å². The predicted molar refractivity (Wildman–Crippen MR) is 113 cm³/mol. The smallest absolute Gasteiger partial charge is 0.214 e. The molecule has 3 aliphatic rings. The van der Waals surface area contributed by atoms with E-state index in [9.17, 15) is 4.39 Å².